The van der Waals surface area contributed by atoms with Crippen molar-refractivity contribution in [2.75, 3.05) is 17.2 Å². The van der Waals surface area contributed by atoms with E-state index in [-0.39, 0.29) is 37.1 Å². The van der Waals surface area contributed by atoms with Crippen LogP contribution < -0.4 is 10.6 Å². The number of hydrogen-bond donors (Lipinski definition) is 2. The van der Waals surface area contributed by atoms with Crippen molar-refractivity contribution in [1.82, 2.24) is 15.0 Å². The van der Waals surface area contributed by atoms with Gasteiger partial charge in [0.2, 0.25) is 17.8 Å². The summed E-state index contributed by atoms with van der Waals surface area (Å²) < 4.78 is 43.9. The summed E-state index contributed by atoms with van der Waals surface area (Å²) in [5, 5.41) is 5.58. The second-order valence-corrected chi connectivity index (χ2v) is 6.17. The molecule has 1 atom stereocenters. The van der Waals surface area contributed by atoms with E-state index in [0.717, 1.165) is 12.1 Å². The van der Waals surface area contributed by atoms with Crippen molar-refractivity contribution in [1.29, 1.82) is 0 Å². The first-order valence-corrected chi connectivity index (χ1v) is 8.68. The lowest BCUT2D eigenvalue weighted by Crippen LogP contribution is -2.26. The Hall–Kier alpha value is -2.75. The Kier molecular flexibility index (Phi) is 7.27. The first-order valence-electron chi connectivity index (χ1n) is 8.68. The summed E-state index contributed by atoms with van der Waals surface area (Å²) >= 11 is 0. The first kappa shape index (κ1) is 21.5. The van der Waals surface area contributed by atoms with Gasteiger partial charge in [-0.05, 0) is 31.0 Å². The smallest absolute Gasteiger partial charge is 0.375 e. The Balaban J connectivity index is 1.95. The molecule has 28 heavy (non-hydrogen) atoms. The number of carbonyl (C=O) groups is 1. The zero-order valence-electron chi connectivity index (χ0n) is 15.8. The van der Waals surface area contributed by atoms with Gasteiger partial charge in [0, 0.05) is 6.92 Å². The van der Waals surface area contributed by atoms with Crippen LogP contribution >= 0.6 is 0 Å². The van der Waals surface area contributed by atoms with Crippen molar-refractivity contribution >= 4 is 17.8 Å². The Bertz CT molecular complexity index is 814. The maximum Gasteiger partial charge on any atom is 0.416 e. The van der Waals surface area contributed by atoms with Gasteiger partial charge in [-0.1, -0.05) is 19.1 Å². The number of benzene rings is 1. The predicted octanol–water partition coefficient (Wildman–Crippen LogP) is 3.56. The van der Waals surface area contributed by atoms with Crippen molar-refractivity contribution in [2.24, 2.45) is 0 Å². The molecule has 2 N–H and O–H groups in total. The number of anilines is 2. The Morgan fingerprint density at radius 2 is 1.93 bits per heavy atom. The number of amides is 1. The summed E-state index contributed by atoms with van der Waals surface area (Å²) in [7, 11) is 0. The Labute approximate surface area is 160 Å². The summed E-state index contributed by atoms with van der Waals surface area (Å²) in [6.45, 7) is 5.24. The largest absolute Gasteiger partial charge is 0.416 e. The third-order valence-corrected chi connectivity index (χ3v) is 3.70. The number of nitrogens with zero attached hydrogens (tertiary/aromatic N) is 3. The predicted molar refractivity (Wildman–Crippen MR) is 97.7 cm³/mol. The highest BCUT2D eigenvalue weighted by Crippen LogP contribution is 2.29. The molecule has 1 aromatic heterocycles. The van der Waals surface area contributed by atoms with Crippen LogP contribution in [0.3, 0.4) is 0 Å². The van der Waals surface area contributed by atoms with Crippen LogP contribution in [0.5, 0.6) is 0 Å². The summed E-state index contributed by atoms with van der Waals surface area (Å²) in [6.07, 6.45) is -3.71. The van der Waals surface area contributed by atoms with Crippen LogP contribution in [0.1, 0.15) is 37.2 Å². The highest BCUT2D eigenvalue weighted by atomic mass is 19.4. The summed E-state index contributed by atoms with van der Waals surface area (Å²) in [5.74, 6) is 0.557. The number of nitrogens with one attached hydrogen (secondary N) is 2. The van der Waals surface area contributed by atoms with Crippen LogP contribution in [0.15, 0.2) is 24.3 Å². The highest BCUT2D eigenvalue weighted by molar-refractivity contribution is 5.86. The summed E-state index contributed by atoms with van der Waals surface area (Å²) in [5.41, 5.74) is -0.265. The third-order valence-electron chi connectivity index (χ3n) is 3.70. The number of aryl methyl sites for hydroxylation is 1. The normalized spacial score (nSPS) is 12.5. The maximum atomic E-state index is 12.8. The molecule has 0 saturated heterocycles. The molecule has 0 aliphatic rings. The van der Waals surface area contributed by atoms with Crippen LogP contribution in [-0.2, 0) is 22.3 Å². The molecule has 10 heteroatoms. The van der Waals surface area contributed by atoms with Crippen LogP contribution in [0, 0.1) is 6.92 Å². The van der Waals surface area contributed by atoms with Gasteiger partial charge in [-0.15, -0.1) is 0 Å². The second kappa shape index (κ2) is 9.45. The quantitative estimate of drug-likeness (QED) is 0.708. The SMILES string of the molecule is CCC(COCc1cccc(C(F)(F)F)c1)Nc1nc(C)nc(NC(C)=O)n1. The zero-order valence-corrected chi connectivity index (χ0v) is 15.8. The van der Waals surface area contributed by atoms with E-state index in [4.69, 9.17) is 4.74 Å². The number of carbonyl (C=O) groups excluding carboxylic acids is 1. The Morgan fingerprint density at radius 3 is 2.57 bits per heavy atom. The molecule has 0 aliphatic heterocycles. The van der Waals surface area contributed by atoms with Gasteiger partial charge >= 0.3 is 6.18 Å². The summed E-state index contributed by atoms with van der Waals surface area (Å²) in [4.78, 5) is 23.5. The van der Waals surface area contributed by atoms with Gasteiger partial charge in [0.05, 0.1) is 24.8 Å². The van der Waals surface area contributed by atoms with E-state index in [1.54, 1.807) is 13.0 Å². The van der Waals surface area contributed by atoms with Gasteiger partial charge in [-0.3, -0.25) is 10.1 Å². The maximum absolute atomic E-state index is 12.8. The molecule has 0 spiro atoms. The molecule has 152 valence electrons. The van der Waals surface area contributed by atoms with Crippen LogP contribution in [0.25, 0.3) is 0 Å². The van der Waals surface area contributed by atoms with Crippen LogP contribution in [0.4, 0.5) is 25.1 Å². The van der Waals surface area contributed by atoms with Crippen LogP contribution in [-0.4, -0.2) is 33.5 Å². The number of ether oxygens (including phenoxy) is 1. The van der Waals surface area contributed by atoms with E-state index in [0.29, 0.717) is 17.8 Å². The van der Waals surface area contributed by atoms with E-state index < -0.39 is 11.7 Å². The van der Waals surface area contributed by atoms with E-state index in [1.807, 2.05) is 6.92 Å². The molecule has 0 radical (unpaired) electrons. The van der Waals surface area contributed by atoms with Gasteiger partial charge < -0.3 is 10.1 Å². The number of halogens is 3. The van der Waals surface area contributed by atoms with E-state index in [1.165, 1.54) is 13.0 Å². The Morgan fingerprint density at radius 1 is 1.21 bits per heavy atom. The van der Waals surface area contributed by atoms with E-state index in [2.05, 4.69) is 25.6 Å². The fourth-order valence-electron chi connectivity index (χ4n) is 2.36. The van der Waals surface area contributed by atoms with Crippen molar-refractivity contribution < 1.29 is 22.7 Å². The lowest BCUT2D eigenvalue weighted by Gasteiger charge is -2.18. The standard InChI is InChI=1S/C18H22F3N5O2/c1-4-15(25-17-23-11(2)22-16(26-17)24-12(3)27)10-28-9-13-6-5-7-14(8-13)18(19,20)21/h5-8,15H,4,9-10H2,1-3H3,(H2,22,23,24,25,26,27). The molecule has 7 nitrogen and oxygen atoms in total. The second-order valence-electron chi connectivity index (χ2n) is 6.17. The van der Waals surface area contributed by atoms with Gasteiger partial charge in [-0.2, -0.15) is 28.1 Å². The van der Waals surface area contributed by atoms with Crippen molar-refractivity contribution in [3.8, 4) is 0 Å². The zero-order chi connectivity index (χ0) is 20.7. The third kappa shape index (κ3) is 6.76. The molecular weight excluding hydrogens is 375 g/mol. The molecule has 1 unspecified atom stereocenters. The number of hydrogen-bond acceptors (Lipinski definition) is 6. The molecule has 0 aliphatic carbocycles. The molecule has 1 aromatic carbocycles. The van der Waals surface area contributed by atoms with Crippen molar-refractivity contribution in [3.63, 3.8) is 0 Å². The molecular formula is C18H22F3N5O2. The number of rotatable bonds is 8. The average Bonchev–Trinajstić information content (AvgIpc) is 2.59. The first-order chi connectivity index (χ1) is 13.2. The lowest BCUT2D eigenvalue weighted by atomic mass is 10.1. The monoisotopic (exact) mass is 397 g/mol. The highest BCUT2D eigenvalue weighted by Gasteiger charge is 2.30. The summed E-state index contributed by atoms with van der Waals surface area (Å²) in [6, 6.07) is 4.86. The minimum atomic E-state index is -4.38. The minimum Gasteiger partial charge on any atom is -0.375 e. The molecule has 2 aromatic rings. The lowest BCUT2D eigenvalue weighted by molar-refractivity contribution is -0.137. The topological polar surface area (TPSA) is 89.0 Å². The molecule has 2 rings (SSSR count). The number of aromatic nitrogens is 3. The number of alkyl halides is 3. The van der Waals surface area contributed by atoms with E-state index in [9.17, 15) is 18.0 Å². The van der Waals surface area contributed by atoms with Gasteiger partial charge in [-0.25, -0.2) is 0 Å². The fraction of sp³-hybridized carbons (Fsp3) is 0.444. The fourth-order valence-corrected chi connectivity index (χ4v) is 2.36. The van der Waals surface area contributed by atoms with Gasteiger partial charge in [0.15, 0.2) is 0 Å². The molecule has 1 heterocycles. The molecule has 0 fully saturated rings. The minimum absolute atomic E-state index is 0.0511. The van der Waals surface area contributed by atoms with Crippen molar-refractivity contribution in [2.45, 2.75) is 46.0 Å². The molecule has 1 amide bonds. The molecule has 0 bridgehead atoms. The van der Waals surface area contributed by atoms with Gasteiger partial charge in [0.1, 0.15) is 5.82 Å². The average molecular weight is 397 g/mol. The van der Waals surface area contributed by atoms with Crippen molar-refractivity contribution in [3.05, 3.63) is 41.2 Å². The van der Waals surface area contributed by atoms with E-state index >= 15 is 0 Å². The van der Waals surface area contributed by atoms with Gasteiger partial charge in [0.25, 0.3) is 0 Å². The van der Waals surface area contributed by atoms with Crippen LogP contribution in [0.2, 0.25) is 0 Å². The molecule has 0 saturated carbocycles.